The molecule has 0 unspecified atom stereocenters. The Morgan fingerprint density at radius 3 is 2.47 bits per heavy atom. The Kier molecular flexibility index (Phi) is 5.39. The monoisotopic (exact) mass is 467 g/mol. The number of nitrogen functional groups attached to an aromatic ring is 1. The van der Waals surface area contributed by atoms with E-state index in [-0.39, 0.29) is 17.4 Å². The quantitative estimate of drug-likeness (QED) is 0.351. The summed E-state index contributed by atoms with van der Waals surface area (Å²) in [5.41, 5.74) is 8.81. The highest BCUT2D eigenvalue weighted by Crippen LogP contribution is 2.31. The van der Waals surface area contributed by atoms with Crippen molar-refractivity contribution in [2.24, 2.45) is 0 Å². The summed E-state index contributed by atoms with van der Waals surface area (Å²) in [5.74, 6) is -0.344. The zero-order valence-corrected chi connectivity index (χ0v) is 18.8. The zero-order chi connectivity index (χ0) is 23.8. The second-order valence-electron chi connectivity index (χ2n) is 7.74. The second-order valence-corrected chi connectivity index (χ2v) is 8.14. The van der Waals surface area contributed by atoms with E-state index in [4.69, 9.17) is 17.3 Å². The fraction of sp³-hybridized carbons (Fsp3) is 0.0385. The number of halogens is 1. The lowest BCUT2D eigenvalue weighted by molar-refractivity contribution is 0.102. The van der Waals surface area contributed by atoms with Gasteiger partial charge in [-0.2, -0.15) is 0 Å². The lowest BCUT2D eigenvalue weighted by atomic mass is 9.99. The summed E-state index contributed by atoms with van der Waals surface area (Å²) >= 11 is 6.25. The van der Waals surface area contributed by atoms with Crippen LogP contribution in [0.5, 0.6) is 0 Å². The molecule has 0 saturated carbocycles. The van der Waals surface area contributed by atoms with Crippen molar-refractivity contribution in [3.63, 3.8) is 0 Å². The van der Waals surface area contributed by atoms with Gasteiger partial charge in [0.25, 0.3) is 5.91 Å². The predicted molar refractivity (Wildman–Crippen MR) is 133 cm³/mol. The molecule has 1 amide bonds. The highest BCUT2D eigenvalue weighted by Gasteiger charge is 2.20. The number of aryl methyl sites for hydroxylation is 1. The molecular formula is C26H18ClN5O2. The number of nitrogens with two attached hydrogens (primary N) is 1. The first-order valence-electron chi connectivity index (χ1n) is 10.4. The first-order chi connectivity index (χ1) is 16.5. The molecule has 0 spiro atoms. The van der Waals surface area contributed by atoms with Gasteiger partial charge in [-0.1, -0.05) is 41.9 Å². The normalized spacial score (nSPS) is 11.0. The number of fused-ring (bicyclic) bond motifs is 2. The highest BCUT2D eigenvalue weighted by atomic mass is 35.5. The minimum Gasteiger partial charge on any atom is -0.383 e. The molecule has 0 aliphatic heterocycles. The smallest absolute Gasteiger partial charge is 0.257 e. The Bertz CT molecular complexity index is 1620. The van der Waals surface area contributed by atoms with Gasteiger partial charge >= 0.3 is 0 Å². The van der Waals surface area contributed by atoms with E-state index in [2.05, 4.69) is 20.3 Å². The van der Waals surface area contributed by atoms with Crippen molar-refractivity contribution in [3.8, 4) is 0 Å². The Balaban J connectivity index is 1.60. The van der Waals surface area contributed by atoms with Crippen molar-refractivity contribution >= 4 is 56.5 Å². The van der Waals surface area contributed by atoms with Crippen LogP contribution in [0.4, 0.5) is 11.5 Å². The summed E-state index contributed by atoms with van der Waals surface area (Å²) in [6, 6.07) is 17.4. The van der Waals surface area contributed by atoms with Gasteiger partial charge in [0.1, 0.15) is 17.8 Å². The second kappa shape index (κ2) is 8.53. The van der Waals surface area contributed by atoms with Gasteiger partial charge in [-0.05, 0) is 42.8 Å². The van der Waals surface area contributed by atoms with E-state index in [0.29, 0.717) is 49.3 Å². The molecule has 3 N–H and O–H groups in total. The van der Waals surface area contributed by atoms with Gasteiger partial charge in [0.15, 0.2) is 0 Å². The molecule has 0 atom stereocenters. The van der Waals surface area contributed by atoms with Crippen molar-refractivity contribution < 1.29 is 9.59 Å². The first kappa shape index (κ1) is 21.5. The van der Waals surface area contributed by atoms with Crippen LogP contribution in [0.1, 0.15) is 32.0 Å². The molecule has 5 rings (SSSR count). The van der Waals surface area contributed by atoms with Crippen molar-refractivity contribution in [2.75, 3.05) is 11.1 Å². The van der Waals surface area contributed by atoms with Crippen LogP contribution >= 0.6 is 11.6 Å². The molecule has 0 saturated heterocycles. The Hall–Kier alpha value is -4.36. The fourth-order valence-electron chi connectivity index (χ4n) is 3.96. The van der Waals surface area contributed by atoms with Crippen molar-refractivity contribution in [2.45, 2.75) is 6.92 Å². The maximum Gasteiger partial charge on any atom is 0.257 e. The van der Waals surface area contributed by atoms with E-state index in [1.807, 2.05) is 19.1 Å². The molecule has 34 heavy (non-hydrogen) atoms. The van der Waals surface area contributed by atoms with Crippen LogP contribution in [0.3, 0.4) is 0 Å². The van der Waals surface area contributed by atoms with E-state index < -0.39 is 0 Å². The number of aromatic nitrogens is 3. The molecular weight excluding hydrogens is 450 g/mol. The summed E-state index contributed by atoms with van der Waals surface area (Å²) in [4.78, 5) is 39.1. The minimum atomic E-state index is -0.352. The average Bonchev–Trinajstić information content (AvgIpc) is 2.85. The molecule has 7 nitrogen and oxygen atoms in total. The highest BCUT2D eigenvalue weighted by molar-refractivity contribution is 6.35. The SMILES string of the molecule is Cc1ccc2c(C(=O)c3ccccc3Cl)nccc2c1NC(=O)c1cccc2c(N)ncnc12. The average molecular weight is 468 g/mol. The number of carbonyl (C=O) groups is 2. The number of para-hydroxylation sites is 1. The summed E-state index contributed by atoms with van der Waals surface area (Å²) < 4.78 is 0. The number of amides is 1. The van der Waals surface area contributed by atoms with Gasteiger partial charge in [0.05, 0.1) is 21.8 Å². The third-order valence-corrected chi connectivity index (χ3v) is 6.00. The minimum absolute atomic E-state index is 0.256. The van der Waals surface area contributed by atoms with E-state index in [1.165, 1.54) is 6.33 Å². The fourth-order valence-corrected chi connectivity index (χ4v) is 4.18. The van der Waals surface area contributed by atoms with Crippen LogP contribution in [0.25, 0.3) is 21.7 Å². The topological polar surface area (TPSA) is 111 Å². The number of rotatable bonds is 4. The largest absolute Gasteiger partial charge is 0.383 e. The maximum atomic E-state index is 13.3. The predicted octanol–water partition coefficient (Wildman–Crippen LogP) is 5.21. The molecule has 166 valence electrons. The van der Waals surface area contributed by atoms with Crippen LogP contribution < -0.4 is 11.1 Å². The van der Waals surface area contributed by atoms with E-state index in [0.717, 1.165) is 5.56 Å². The number of ketones is 1. The third kappa shape index (κ3) is 3.62. The number of anilines is 2. The Labute approximate surface area is 199 Å². The van der Waals surface area contributed by atoms with Gasteiger partial charge in [-0.3, -0.25) is 14.6 Å². The number of hydrogen-bond donors (Lipinski definition) is 2. The first-order valence-corrected chi connectivity index (χ1v) is 10.8. The summed E-state index contributed by atoms with van der Waals surface area (Å²) in [5, 5.41) is 5.24. The van der Waals surface area contributed by atoms with E-state index in [9.17, 15) is 9.59 Å². The Morgan fingerprint density at radius 2 is 1.65 bits per heavy atom. The number of nitrogens with one attached hydrogen (secondary N) is 1. The van der Waals surface area contributed by atoms with Gasteiger partial charge in [-0.25, -0.2) is 9.97 Å². The lowest BCUT2D eigenvalue weighted by Gasteiger charge is -2.14. The van der Waals surface area contributed by atoms with E-state index >= 15 is 0 Å². The summed E-state index contributed by atoms with van der Waals surface area (Å²) in [6.07, 6.45) is 2.88. The Morgan fingerprint density at radius 1 is 0.853 bits per heavy atom. The van der Waals surface area contributed by atoms with Gasteiger partial charge in [-0.15, -0.1) is 0 Å². The molecule has 0 aliphatic rings. The van der Waals surface area contributed by atoms with E-state index in [1.54, 1.807) is 54.7 Å². The molecule has 0 radical (unpaired) electrons. The van der Waals surface area contributed by atoms with Crippen LogP contribution in [0.15, 0.2) is 73.2 Å². The zero-order valence-electron chi connectivity index (χ0n) is 18.0. The van der Waals surface area contributed by atoms with Crippen molar-refractivity contribution in [3.05, 3.63) is 101 Å². The molecule has 2 aromatic heterocycles. The van der Waals surface area contributed by atoms with Crippen molar-refractivity contribution in [1.29, 1.82) is 0 Å². The number of carbonyl (C=O) groups excluding carboxylic acids is 2. The summed E-state index contributed by atoms with van der Waals surface area (Å²) in [6.45, 7) is 1.88. The van der Waals surface area contributed by atoms with Crippen LogP contribution in [0, 0.1) is 6.92 Å². The molecule has 2 heterocycles. The molecule has 5 aromatic rings. The molecule has 3 aromatic carbocycles. The lowest BCUT2D eigenvalue weighted by Crippen LogP contribution is -2.15. The number of pyridine rings is 1. The number of hydrogen-bond acceptors (Lipinski definition) is 6. The number of nitrogens with zero attached hydrogens (tertiary/aromatic N) is 3. The summed E-state index contributed by atoms with van der Waals surface area (Å²) in [7, 11) is 0. The van der Waals surface area contributed by atoms with Crippen LogP contribution in [0.2, 0.25) is 5.02 Å². The molecule has 0 fully saturated rings. The molecule has 8 heteroatoms. The van der Waals surface area contributed by atoms with Gasteiger partial charge < -0.3 is 11.1 Å². The maximum absolute atomic E-state index is 13.3. The molecule has 0 aliphatic carbocycles. The van der Waals surface area contributed by atoms with Crippen LogP contribution in [-0.2, 0) is 0 Å². The van der Waals surface area contributed by atoms with Gasteiger partial charge in [0, 0.05) is 27.9 Å². The number of benzene rings is 3. The molecule has 0 bridgehead atoms. The van der Waals surface area contributed by atoms with Crippen molar-refractivity contribution in [1.82, 2.24) is 15.0 Å². The van der Waals surface area contributed by atoms with Crippen LogP contribution in [-0.4, -0.2) is 26.6 Å². The third-order valence-electron chi connectivity index (χ3n) is 5.67. The standard InChI is InChI=1S/C26H18ClN5O2/c1-14-9-10-15-16(11-12-29-23(15)24(33)17-5-2-3-8-20(17)27)21(14)32-26(34)19-7-4-6-18-22(19)30-13-31-25(18)28/h2-13H,1H3,(H,32,34)(H2,28,30,31). The van der Waals surface area contributed by atoms with Gasteiger partial charge in [0.2, 0.25) is 5.78 Å².